The second-order valence-electron chi connectivity index (χ2n) is 6.84. The predicted molar refractivity (Wildman–Crippen MR) is 114 cm³/mol. The van der Waals surface area contributed by atoms with Gasteiger partial charge in [0.25, 0.3) is 0 Å². The molecule has 0 aliphatic rings. The molecule has 0 radical (unpaired) electrons. The first-order valence-corrected chi connectivity index (χ1v) is 10.4. The van der Waals surface area contributed by atoms with Gasteiger partial charge in [-0.15, -0.1) is 11.3 Å². The quantitative estimate of drug-likeness (QED) is 0.365. The number of nitrogens with zero attached hydrogens (tertiary/aromatic N) is 1. The minimum atomic E-state index is -1.52. The summed E-state index contributed by atoms with van der Waals surface area (Å²) in [6.07, 6.45) is 0. The van der Waals surface area contributed by atoms with Crippen molar-refractivity contribution in [1.82, 2.24) is 0 Å². The fraction of sp³-hybridized carbons (Fsp3) is 0.174. The average molecular weight is 468 g/mol. The Morgan fingerprint density at radius 2 is 1.39 bits per heavy atom. The largest absolute Gasteiger partial charge is 0.548 e. The topological polar surface area (TPSA) is 142 Å². The van der Waals surface area contributed by atoms with E-state index in [1.807, 2.05) is 36.4 Å². The zero-order valence-electron chi connectivity index (χ0n) is 17.4. The summed E-state index contributed by atoms with van der Waals surface area (Å²) in [5.41, 5.74) is 1.71. The van der Waals surface area contributed by atoms with Gasteiger partial charge in [0.2, 0.25) is 0 Å². The molecular weight excluding hydrogens is 450 g/mol. The van der Waals surface area contributed by atoms with Crippen molar-refractivity contribution in [3.05, 3.63) is 54.6 Å². The minimum Gasteiger partial charge on any atom is -0.548 e. The molecule has 0 atom stereocenters. The zero-order valence-corrected chi connectivity index (χ0v) is 18.3. The summed E-state index contributed by atoms with van der Waals surface area (Å²) in [6, 6.07) is 16.0. The highest BCUT2D eigenvalue weighted by Crippen LogP contribution is 2.39. The van der Waals surface area contributed by atoms with Crippen molar-refractivity contribution in [3.8, 4) is 32.4 Å². The van der Waals surface area contributed by atoms with Gasteiger partial charge in [-0.3, -0.25) is 0 Å². The lowest BCUT2D eigenvalue weighted by molar-refractivity contribution is -0.308. The molecule has 0 fully saturated rings. The molecule has 33 heavy (non-hydrogen) atoms. The second-order valence-corrected chi connectivity index (χ2v) is 7.92. The van der Waals surface area contributed by atoms with Crippen LogP contribution in [0.15, 0.2) is 54.6 Å². The number of rotatable bonds is 11. The van der Waals surface area contributed by atoms with E-state index in [0.717, 1.165) is 26.0 Å². The smallest absolute Gasteiger partial charge is 0.143 e. The van der Waals surface area contributed by atoms with Crippen LogP contribution in [0.2, 0.25) is 0 Å². The molecule has 3 rings (SSSR count). The Morgan fingerprint density at radius 3 is 1.94 bits per heavy atom. The number of ether oxygens (including phenoxy) is 2. The van der Waals surface area contributed by atoms with E-state index < -0.39 is 37.6 Å². The highest BCUT2D eigenvalue weighted by atomic mass is 32.1. The molecule has 0 aliphatic carbocycles. The van der Waals surface area contributed by atoms with Crippen LogP contribution in [-0.2, 0) is 14.4 Å². The lowest BCUT2D eigenvalue weighted by Gasteiger charge is -2.28. The normalized spacial score (nSPS) is 10.5. The van der Waals surface area contributed by atoms with Gasteiger partial charge in [0.05, 0.1) is 43.8 Å². The summed E-state index contributed by atoms with van der Waals surface area (Å²) in [6.45, 7) is -2.31. The van der Waals surface area contributed by atoms with E-state index in [1.165, 1.54) is 23.5 Å². The van der Waals surface area contributed by atoms with Gasteiger partial charge in [0.1, 0.15) is 18.1 Å². The third kappa shape index (κ3) is 6.23. The monoisotopic (exact) mass is 468 g/mol. The van der Waals surface area contributed by atoms with Gasteiger partial charge >= 0.3 is 0 Å². The molecular formula is C23H18NO8S-3. The lowest BCUT2D eigenvalue weighted by Crippen LogP contribution is -2.44. The van der Waals surface area contributed by atoms with Crippen LogP contribution in [0.25, 0.3) is 20.9 Å². The Morgan fingerprint density at radius 1 is 0.818 bits per heavy atom. The maximum absolute atomic E-state index is 11.1. The van der Waals surface area contributed by atoms with E-state index in [4.69, 9.17) is 9.47 Å². The molecule has 172 valence electrons. The molecule has 0 aliphatic heterocycles. The van der Waals surface area contributed by atoms with Crippen molar-refractivity contribution in [2.24, 2.45) is 0 Å². The Labute approximate surface area is 193 Å². The maximum Gasteiger partial charge on any atom is 0.143 e. The number of anilines is 1. The summed E-state index contributed by atoms with van der Waals surface area (Å²) in [5.74, 6) is -3.81. The molecule has 3 aromatic rings. The van der Waals surface area contributed by atoms with E-state index in [0.29, 0.717) is 5.56 Å². The number of carbonyl (C=O) groups is 3. The first-order valence-electron chi connectivity index (χ1n) is 9.62. The SMILES string of the molecule is COc1ccc(-c2ccc(-c3ccc(N(CC(=O)[O-])CC(=O)[O-])c(OCC(=O)[O-])c3)s2)cc1. The first kappa shape index (κ1) is 23.6. The summed E-state index contributed by atoms with van der Waals surface area (Å²) in [5, 5.41) is 33.1. The minimum absolute atomic E-state index is 0.0152. The molecule has 0 saturated heterocycles. The van der Waals surface area contributed by atoms with Gasteiger partial charge in [-0.1, -0.05) is 6.07 Å². The molecule has 0 bridgehead atoms. The van der Waals surface area contributed by atoms with Crippen LogP contribution in [0.3, 0.4) is 0 Å². The van der Waals surface area contributed by atoms with Crippen molar-refractivity contribution in [3.63, 3.8) is 0 Å². The number of benzene rings is 2. The molecule has 0 unspecified atom stereocenters. The summed E-state index contributed by atoms with van der Waals surface area (Å²) in [7, 11) is 1.59. The van der Waals surface area contributed by atoms with Crippen LogP contribution in [0, 0.1) is 0 Å². The van der Waals surface area contributed by atoms with Crippen molar-refractivity contribution in [2.45, 2.75) is 0 Å². The summed E-state index contributed by atoms with van der Waals surface area (Å²) < 4.78 is 10.5. The number of carboxylic acids is 3. The van der Waals surface area contributed by atoms with Crippen LogP contribution < -0.4 is 29.7 Å². The summed E-state index contributed by atoms with van der Waals surface area (Å²) >= 11 is 1.47. The van der Waals surface area contributed by atoms with Gasteiger partial charge in [0, 0.05) is 9.75 Å². The third-order valence-corrected chi connectivity index (χ3v) is 5.73. The number of methoxy groups -OCH3 is 1. The molecule has 0 N–H and O–H groups in total. The fourth-order valence-electron chi connectivity index (χ4n) is 3.12. The molecule has 0 spiro atoms. The van der Waals surface area contributed by atoms with Crippen LogP contribution in [0.1, 0.15) is 0 Å². The Balaban J connectivity index is 1.96. The third-order valence-electron chi connectivity index (χ3n) is 4.55. The number of thiophene rings is 1. The molecule has 10 heteroatoms. The molecule has 0 amide bonds. The Kier molecular flexibility index (Phi) is 7.52. The van der Waals surface area contributed by atoms with Crippen molar-refractivity contribution in [2.75, 3.05) is 31.7 Å². The van der Waals surface area contributed by atoms with Crippen molar-refractivity contribution < 1.29 is 39.2 Å². The van der Waals surface area contributed by atoms with Gasteiger partial charge in [-0.25, -0.2) is 0 Å². The van der Waals surface area contributed by atoms with E-state index in [9.17, 15) is 29.7 Å². The highest BCUT2D eigenvalue weighted by molar-refractivity contribution is 7.18. The van der Waals surface area contributed by atoms with Gasteiger partial charge in [-0.2, -0.15) is 0 Å². The van der Waals surface area contributed by atoms with E-state index in [2.05, 4.69) is 0 Å². The second kappa shape index (κ2) is 10.5. The van der Waals surface area contributed by atoms with Gasteiger partial charge < -0.3 is 44.1 Å². The number of carboxylic acid groups (broad SMARTS) is 3. The van der Waals surface area contributed by atoms with Crippen LogP contribution >= 0.6 is 11.3 Å². The van der Waals surface area contributed by atoms with E-state index in [1.54, 1.807) is 13.2 Å². The maximum atomic E-state index is 11.1. The predicted octanol–water partition coefficient (Wildman–Crippen LogP) is -0.474. The molecule has 9 nitrogen and oxygen atoms in total. The lowest BCUT2D eigenvalue weighted by atomic mass is 10.1. The van der Waals surface area contributed by atoms with Gasteiger partial charge in [-0.05, 0) is 59.7 Å². The zero-order chi connectivity index (χ0) is 24.0. The number of carbonyl (C=O) groups excluding carboxylic acids is 3. The Hall–Kier alpha value is -4.05. The Bertz CT molecular complexity index is 1140. The van der Waals surface area contributed by atoms with Gasteiger partial charge in [0.15, 0.2) is 0 Å². The first-order chi connectivity index (χ1) is 15.8. The molecule has 1 heterocycles. The number of hydrogen-bond donors (Lipinski definition) is 0. The van der Waals surface area contributed by atoms with Crippen molar-refractivity contribution >= 4 is 34.9 Å². The molecule has 0 saturated carbocycles. The fourth-order valence-corrected chi connectivity index (χ4v) is 4.13. The number of aliphatic carboxylic acids is 3. The standard InChI is InChI=1S/C23H21NO8S/c1-31-16-5-2-14(3-6-16)19-8-9-20(33-19)15-4-7-17(18(10-15)32-13-23(29)30)24(11-21(25)26)12-22(27)28/h2-10H,11-13H2,1H3,(H,25,26)(H,27,28)(H,29,30)/p-3. The molecule has 2 aromatic carbocycles. The van der Waals surface area contributed by atoms with E-state index in [-0.39, 0.29) is 11.4 Å². The molecule has 1 aromatic heterocycles. The van der Waals surface area contributed by atoms with Crippen LogP contribution in [0.5, 0.6) is 11.5 Å². The van der Waals surface area contributed by atoms with Crippen LogP contribution in [-0.4, -0.2) is 44.7 Å². The average Bonchev–Trinajstić information content (AvgIpc) is 3.27. The highest BCUT2D eigenvalue weighted by Gasteiger charge is 2.16. The van der Waals surface area contributed by atoms with Crippen molar-refractivity contribution in [1.29, 1.82) is 0 Å². The van der Waals surface area contributed by atoms with Crippen LogP contribution in [0.4, 0.5) is 5.69 Å². The number of hydrogen-bond acceptors (Lipinski definition) is 10. The van der Waals surface area contributed by atoms with E-state index >= 15 is 0 Å². The summed E-state index contributed by atoms with van der Waals surface area (Å²) in [4.78, 5) is 35.8.